The Morgan fingerprint density at radius 1 is 1.22 bits per heavy atom. The standard InChI is InChI=1S/C17H17ClN4O5/c1-5-26-17(23)14-13-15(19-8(2)20-16(13)27-22-14)21-10-6-9(18)11(24-3)7-12(10)25-4/h6-7H,5H2,1-4H3,(H,19,20,21). The van der Waals surface area contributed by atoms with Crippen molar-refractivity contribution in [1.29, 1.82) is 0 Å². The van der Waals surface area contributed by atoms with Crippen molar-refractivity contribution in [3.05, 3.63) is 28.7 Å². The zero-order valence-electron chi connectivity index (χ0n) is 15.1. The van der Waals surface area contributed by atoms with Gasteiger partial charge in [-0.1, -0.05) is 16.8 Å². The Morgan fingerprint density at radius 2 is 1.96 bits per heavy atom. The molecule has 0 aliphatic carbocycles. The predicted molar refractivity (Wildman–Crippen MR) is 98.1 cm³/mol. The summed E-state index contributed by atoms with van der Waals surface area (Å²) in [7, 11) is 3.02. The third-order valence-electron chi connectivity index (χ3n) is 3.64. The Kier molecular flexibility index (Phi) is 5.31. The summed E-state index contributed by atoms with van der Waals surface area (Å²) >= 11 is 6.22. The fourth-order valence-electron chi connectivity index (χ4n) is 2.48. The highest BCUT2D eigenvalue weighted by Gasteiger charge is 2.24. The SMILES string of the molecule is CCOC(=O)c1noc2nc(C)nc(Nc3cc(Cl)c(OC)cc3OC)c12. The Bertz CT molecular complexity index is 1000. The van der Waals surface area contributed by atoms with E-state index in [4.69, 9.17) is 30.3 Å². The van der Waals surface area contributed by atoms with Gasteiger partial charge in [-0.2, -0.15) is 4.98 Å². The first-order chi connectivity index (χ1) is 13.0. The van der Waals surface area contributed by atoms with E-state index in [-0.39, 0.29) is 18.0 Å². The van der Waals surface area contributed by atoms with E-state index in [1.807, 2.05) is 0 Å². The number of rotatable bonds is 6. The van der Waals surface area contributed by atoms with E-state index >= 15 is 0 Å². The van der Waals surface area contributed by atoms with Crippen LogP contribution >= 0.6 is 11.6 Å². The summed E-state index contributed by atoms with van der Waals surface area (Å²) in [4.78, 5) is 20.7. The zero-order chi connectivity index (χ0) is 19.6. The molecule has 9 nitrogen and oxygen atoms in total. The molecule has 0 fully saturated rings. The van der Waals surface area contributed by atoms with Crippen LogP contribution in [0.4, 0.5) is 11.5 Å². The Labute approximate surface area is 159 Å². The summed E-state index contributed by atoms with van der Waals surface area (Å²) in [5, 5.41) is 7.55. The lowest BCUT2D eigenvalue weighted by atomic mass is 10.2. The third-order valence-corrected chi connectivity index (χ3v) is 3.94. The third kappa shape index (κ3) is 3.59. The fraction of sp³-hybridized carbons (Fsp3) is 0.294. The molecule has 3 rings (SSSR count). The fourth-order valence-corrected chi connectivity index (χ4v) is 2.72. The molecular weight excluding hydrogens is 376 g/mol. The number of carbonyl (C=O) groups excluding carboxylic acids is 1. The Hall–Kier alpha value is -3.07. The lowest BCUT2D eigenvalue weighted by Gasteiger charge is -2.14. The molecule has 0 spiro atoms. The summed E-state index contributed by atoms with van der Waals surface area (Å²) in [6, 6.07) is 3.26. The van der Waals surface area contributed by atoms with E-state index in [0.29, 0.717) is 39.2 Å². The van der Waals surface area contributed by atoms with Gasteiger partial charge in [0.15, 0.2) is 0 Å². The number of aromatic nitrogens is 3. The molecule has 1 N–H and O–H groups in total. The summed E-state index contributed by atoms with van der Waals surface area (Å²) in [5.74, 6) is 1.03. The van der Waals surface area contributed by atoms with Gasteiger partial charge in [-0.25, -0.2) is 9.78 Å². The minimum atomic E-state index is -0.633. The van der Waals surface area contributed by atoms with Crippen LogP contribution in [-0.2, 0) is 4.74 Å². The maximum absolute atomic E-state index is 12.2. The number of halogens is 1. The van der Waals surface area contributed by atoms with Gasteiger partial charge < -0.3 is 24.1 Å². The average Bonchev–Trinajstić information content (AvgIpc) is 3.06. The molecule has 2 heterocycles. The molecule has 10 heteroatoms. The van der Waals surface area contributed by atoms with Crippen molar-refractivity contribution in [3.63, 3.8) is 0 Å². The summed E-state index contributed by atoms with van der Waals surface area (Å²) in [5.41, 5.74) is 0.651. The monoisotopic (exact) mass is 392 g/mol. The normalized spacial score (nSPS) is 10.7. The number of ether oxygens (including phenoxy) is 3. The number of esters is 1. The van der Waals surface area contributed by atoms with Gasteiger partial charge in [0, 0.05) is 6.07 Å². The van der Waals surface area contributed by atoms with E-state index in [9.17, 15) is 4.79 Å². The maximum atomic E-state index is 12.2. The topological polar surface area (TPSA) is 109 Å². The highest BCUT2D eigenvalue weighted by molar-refractivity contribution is 6.32. The Morgan fingerprint density at radius 3 is 2.63 bits per heavy atom. The molecule has 1 aromatic carbocycles. The molecule has 0 aliphatic rings. The van der Waals surface area contributed by atoms with Crippen LogP contribution in [0.15, 0.2) is 16.7 Å². The van der Waals surface area contributed by atoms with Crippen LogP contribution in [-0.4, -0.2) is 41.9 Å². The molecule has 0 aliphatic heterocycles. The second-order valence-corrected chi connectivity index (χ2v) is 5.77. The Balaban J connectivity index is 2.13. The number of anilines is 2. The van der Waals surface area contributed by atoms with Gasteiger partial charge in [-0.15, -0.1) is 0 Å². The van der Waals surface area contributed by atoms with Crippen molar-refractivity contribution >= 4 is 40.2 Å². The molecule has 2 aromatic heterocycles. The van der Waals surface area contributed by atoms with E-state index in [0.717, 1.165) is 0 Å². The predicted octanol–water partition coefficient (Wildman–Crippen LogP) is 3.52. The van der Waals surface area contributed by atoms with Crippen molar-refractivity contribution in [3.8, 4) is 11.5 Å². The second-order valence-electron chi connectivity index (χ2n) is 5.36. The minimum Gasteiger partial charge on any atom is -0.495 e. The highest BCUT2D eigenvalue weighted by atomic mass is 35.5. The molecule has 0 saturated carbocycles. The van der Waals surface area contributed by atoms with Crippen LogP contribution in [0.5, 0.6) is 11.5 Å². The van der Waals surface area contributed by atoms with Gasteiger partial charge in [0.1, 0.15) is 28.5 Å². The van der Waals surface area contributed by atoms with Gasteiger partial charge >= 0.3 is 5.97 Å². The minimum absolute atomic E-state index is 0.0204. The smallest absolute Gasteiger partial charge is 0.361 e. The molecule has 142 valence electrons. The highest BCUT2D eigenvalue weighted by Crippen LogP contribution is 2.38. The lowest BCUT2D eigenvalue weighted by molar-refractivity contribution is 0.0517. The van der Waals surface area contributed by atoms with Crippen molar-refractivity contribution in [2.75, 3.05) is 26.1 Å². The molecule has 0 saturated heterocycles. The number of hydrogen-bond donors (Lipinski definition) is 1. The second kappa shape index (κ2) is 7.67. The first-order valence-electron chi connectivity index (χ1n) is 7.98. The number of nitrogens with zero attached hydrogens (tertiary/aromatic N) is 3. The average molecular weight is 393 g/mol. The molecule has 0 radical (unpaired) electrons. The van der Waals surface area contributed by atoms with E-state index in [2.05, 4.69) is 20.4 Å². The molecule has 0 amide bonds. The van der Waals surface area contributed by atoms with Crippen LogP contribution in [0.3, 0.4) is 0 Å². The molecule has 0 bridgehead atoms. The number of fused-ring (bicyclic) bond motifs is 1. The number of hydrogen-bond acceptors (Lipinski definition) is 9. The van der Waals surface area contributed by atoms with E-state index in [1.165, 1.54) is 14.2 Å². The molecular formula is C17H17ClN4O5. The zero-order valence-corrected chi connectivity index (χ0v) is 15.9. The largest absolute Gasteiger partial charge is 0.495 e. The van der Waals surface area contributed by atoms with Crippen LogP contribution in [0.25, 0.3) is 11.1 Å². The van der Waals surface area contributed by atoms with Gasteiger partial charge in [0.2, 0.25) is 5.69 Å². The summed E-state index contributed by atoms with van der Waals surface area (Å²) < 4.78 is 20.8. The molecule has 0 atom stereocenters. The number of nitrogens with one attached hydrogen (secondary N) is 1. The van der Waals surface area contributed by atoms with Crippen molar-refractivity contribution in [2.45, 2.75) is 13.8 Å². The molecule has 27 heavy (non-hydrogen) atoms. The maximum Gasteiger partial charge on any atom is 0.361 e. The van der Waals surface area contributed by atoms with Gasteiger partial charge in [-0.05, 0) is 19.9 Å². The van der Waals surface area contributed by atoms with Gasteiger partial charge in [0.05, 0.1) is 31.5 Å². The van der Waals surface area contributed by atoms with Crippen LogP contribution in [0.1, 0.15) is 23.2 Å². The van der Waals surface area contributed by atoms with Crippen molar-refractivity contribution in [1.82, 2.24) is 15.1 Å². The first-order valence-corrected chi connectivity index (χ1v) is 8.36. The van der Waals surface area contributed by atoms with Gasteiger partial charge in [-0.3, -0.25) is 0 Å². The first kappa shape index (κ1) is 18.7. The van der Waals surface area contributed by atoms with Crippen LogP contribution < -0.4 is 14.8 Å². The lowest BCUT2D eigenvalue weighted by Crippen LogP contribution is -2.07. The summed E-state index contributed by atoms with van der Waals surface area (Å²) in [6.07, 6.45) is 0. The van der Waals surface area contributed by atoms with E-state index < -0.39 is 5.97 Å². The molecule has 3 aromatic rings. The number of benzene rings is 1. The number of methoxy groups -OCH3 is 2. The van der Waals surface area contributed by atoms with Crippen molar-refractivity contribution in [2.24, 2.45) is 0 Å². The van der Waals surface area contributed by atoms with Crippen molar-refractivity contribution < 1.29 is 23.5 Å². The molecule has 0 unspecified atom stereocenters. The van der Waals surface area contributed by atoms with Crippen LogP contribution in [0.2, 0.25) is 5.02 Å². The van der Waals surface area contributed by atoms with Crippen LogP contribution in [0, 0.1) is 6.92 Å². The number of aryl methyl sites for hydroxylation is 1. The van der Waals surface area contributed by atoms with Gasteiger partial charge in [0.25, 0.3) is 5.71 Å². The quantitative estimate of drug-likeness (QED) is 0.630. The number of carbonyl (C=O) groups is 1. The van der Waals surface area contributed by atoms with E-state index in [1.54, 1.807) is 26.0 Å². The summed E-state index contributed by atoms with van der Waals surface area (Å²) in [6.45, 7) is 3.59.